The molecule has 2 rings (SSSR count). The molecule has 0 saturated heterocycles. The molecule has 2 aromatic rings. The fourth-order valence-corrected chi connectivity index (χ4v) is 1.39. The first kappa shape index (κ1) is 13.0. The highest BCUT2D eigenvalue weighted by molar-refractivity contribution is 5.60. The number of rotatable bonds is 3. The highest BCUT2D eigenvalue weighted by atomic mass is 19.4. The van der Waals surface area contributed by atoms with Gasteiger partial charge in [0.2, 0.25) is 0 Å². The van der Waals surface area contributed by atoms with E-state index in [0.717, 1.165) is 0 Å². The largest absolute Gasteiger partial charge is 0.573 e. The molecule has 100 valence electrons. The van der Waals surface area contributed by atoms with Gasteiger partial charge in [-0.05, 0) is 36.4 Å². The van der Waals surface area contributed by atoms with Gasteiger partial charge in [0.1, 0.15) is 11.6 Å². The van der Waals surface area contributed by atoms with Crippen molar-refractivity contribution in [2.45, 2.75) is 6.36 Å². The van der Waals surface area contributed by atoms with Gasteiger partial charge in [0.25, 0.3) is 0 Å². The van der Waals surface area contributed by atoms with Gasteiger partial charge in [-0.3, -0.25) is 0 Å². The molecular formula is C12H10F3N3O. The van der Waals surface area contributed by atoms with Gasteiger partial charge in [0, 0.05) is 5.69 Å². The number of benzene rings is 1. The number of nitrogen functional groups attached to an aromatic ring is 1. The number of hydrogen-bond donors (Lipinski definition) is 2. The maximum Gasteiger partial charge on any atom is 0.573 e. The number of halogens is 3. The predicted molar refractivity (Wildman–Crippen MR) is 65.1 cm³/mol. The molecule has 0 spiro atoms. The molecule has 0 aliphatic carbocycles. The van der Waals surface area contributed by atoms with Gasteiger partial charge in [0.05, 0.1) is 11.9 Å². The van der Waals surface area contributed by atoms with E-state index in [1.165, 1.54) is 30.5 Å². The van der Waals surface area contributed by atoms with Crippen molar-refractivity contribution in [3.63, 3.8) is 0 Å². The van der Waals surface area contributed by atoms with Crippen LogP contribution in [0.4, 0.5) is 30.4 Å². The summed E-state index contributed by atoms with van der Waals surface area (Å²) in [6.07, 6.45) is -3.16. The van der Waals surface area contributed by atoms with E-state index in [9.17, 15) is 13.2 Å². The molecule has 7 heteroatoms. The number of aromatic nitrogens is 1. The van der Waals surface area contributed by atoms with Gasteiger partial charge in [-0.25, -0.2) is 4.98 Å². The summed E-state index contributed by atoms with van der Waals surface area (Å²) >= 11 is 0. The summed E-state index contributed by atoms with van der Waals surface area (Å²) in [4.78, 5) is 3.88. The Bertz CT molecular complexity index is 538. The van der Waals surface area contributed by atoms with Crippen LogP contribution in [0, 0.1) is 0 Å². The van der Waals surface area contributed by atoms with Gasteiger partial charge in [-0.1, -0.05) is 0 Å². The molecule has 1 heterocycles. The Balaban J connectivity index is 2.04. The van der Waals surface area contributed by atoms with Crippen molar-refractivity contribution in [1.29, 1.82) is 0 Å². The molecule has 0 aliphatic heterocycles. The van der Waals surface area contributed by atoms with Crippen LogP contribution in [0.1, 0.15) is 0 Å². The summed E-state index contributed by atoms with van der Waals surface area (Å²) < 4.78 is 39.7. The summed E-state index contributed by atoms with van der Waals surface area (Å²) in [5, 5.41) is 2.97. The van der Waals surface area contributed by atoms with Crippen molar-refractivity contribution in [3.8, 4) is 5.75 Å². The third-order valence-electron chi connectivity index (χ3n) is 2.16. The standard InChI is InChI=1S/C12H10F3N3O/c13-12(14,15)19-10-4-1-8(2-5-10)18-9-3-6-11(16)17-7-9/h1-7,18H,(H2,16,17). The maximum atomic E-state index is 12.0. The Kier molecular flexibility index (Phi) is 3.46. The van der Waals surface area contributed by atoms with Crippen molar-refractivity contribution < 1.29 is 17.9 Å². The van der Waals surface area contributed by atoms with E-state index in [0.29, 0.717) is 17.2 Å². The van der Waals surface area contributed by atoms with E-state index >= 15 is 0 Å². The zero-order chi connectivity index (χ0) is 13.9. The zero-order valence-corrected chi connectivity index (χ0v) is 9.61. The van der Waals surface area contributed by atoms with E-state index in [1.54, 1.807) is 12.1 Å². The van der Waals surface area contributed by atoms with Crippen molar-refractivity contribution in [1.82, 2.24) is 4.98 Å². The van der Waals surface area contributed by atoms with E-state index in [2.05, 4.69) is 15.0 Å². The molecule has 4 nitrogen and oxygen atoms in total. The second-order valence-electron chi connectivity index (χ2n) is 3.67. The number of anilines is 3. The van der Waals surface area contributed by atoms with Crippen molar-refractivity contribution in [2.75, 3.05) is 11.1 Å². The minimum absolute atomic E-state index is 0.270. The lowest BCUT2D eigenvalue weighted by Gasteiger charge is -2.10. The number of hydrogen-bond acceptors (Lipinski definition) is 4. The second-order valence-corrected chi connectivity index (χ2v) is 3.67. The van der Waals surface area contributed by atoms with Crippen molar-refractivity contribution >= 4 is 17.2 Å². The van der Waals surface area contributed by atoms with Gasteiger partial charge < -0.3 is 15.8 Å². The number of nitrogens with zero attached hydrogens (tertiary/aromatic N) is 1. The van der Waals surface area contributed by atoms with Crippen LogP contribution in [-0.2, 0) is 0 Å². The molecular weight excluding hydrogens is 259 g/mol. The van der Waals surface area contributed by atoms with Crippen molar-refractivity contribution in [3.05, 3.63) is 42.6 Å². The maximum absolute atomic E-state index is 12.0. The first-order valence-corrected chi connectivity index (χ1v) is 5.27. The molecule has 19 heavy (non-hydrogen) atoms. The number of nitrogens with two attached hydrogens (primary N) is 1. The average molecular weight is 269 g/mol. The van der Waals surface area contributed by atoms with Crippen LogP contribution in [0.3, 0.4) is 0 Å². The first-order chi connectivity index (χ1) is 8.92. The quantitative estimate of drug-likeness (QED) is 0.897. The smallest absolute Gasteiger partial charge is 0.406 e. The van der Waals surface area contributed by atoms with Gasteiger partial charge in [0.15, 0.2) is 0 Å². The number of ether oxygens (including phenoxy) is 1. The summed E-state index contributed by atoms with van der Waals surface area (Å²) in [6, 6.07) is 8.71. The zero-order valence-electron chi connectivity index (χ0n) is 9.61. The monoisotopic (exact) mass is 269 g/mol. The van der Waals surface area contributed by atoms with Crippen LogP contribution in [0.15, 0.2) is 42.6 Å². The molecule has 0 amide bonds. The van der Waals surface area contributed by atoms with Crippen LogP contribution in [-0.4, -0.2) is 11.3 Å². The summed E-state index contributed by atoms with van der Waals surface area (Å²) in [7, 11) is 0. The van der Waals surface area contributed by atoms with E-state index in [4.69, 9.17) is 5.73 Å². The third-order valence-corrected chi connectivity index (χ3v) is 2.16. The van der Waals surface area contributed by atoms with Crippen LogP contribution < -0.4 is 15.8 Å². The normalized spacial score (nSPS) is 11.1. The molecule has 0 radical (unpaired) electrons. The van der Waals surface area contributed by atoms with Crippen molar-refractivity contribution in [2.24, 2.45) is 0 Å². The molecule has 0 bridgehead atoms. The minimum atomic E-state index is -4.68. The van der Waals surface area contributed by atoms with Crippen LogP contribution >= 0.6 is 0 Å². The summed E-state index contributed by atoms with van der Waals surface area (Å²) in [5.74, 6) is 0.118. The molecule has 1 aromatic heterocycles. The molecule has 0 aliphatic rings. The molecule has 3 N–H and O–H groups in total. The third kappa shape index (κ3) is 4.06. The topological polar surface area (TPSA) is 60.2 Å². The Morgan fingerprint density at radius 2 is 1.63 bits per heavy atom. The second kappa shape index (κ2) is 5.05. The summed E-state index contributed by atoms with van der Waals surface area (Å²) in [6.45, 7) is 0. The van der Waals surface area contributed by atoms with E-state index in [-0.39, 0.29) is 5.75 Å². The Hall–Kier alpha value is -2.44. The van der Waals surface area contributed by atoms with Gasteiger partial charge in [-0.2, -0.15) is 0 Å². The predicted octanol–water partition coefficient (Wildman–Crippen LogP) is 3.31. The highest BCUT2D eigenvalue weighted by Gasteiger charge is 2.30. The van der Waals surface area contributed by atoms with Crippen LogP contribution in [0.5, 0.6) is 5.75 Å². The lowest BCUT2D eigenvalue weighted by molar-refractivity contribution is -0.274. The Morgan fingerprint density at radius 3 is 2.16 bits per heavy atom. The SMILES string of the molecule is Nc1ccc(Nc2ccc(OC(F)(F)F)cc2)cn1. The lowest BCUT2D eigenvalue weighted by atomic mass is 10.3. The molecule has 0 unspecified atom stereocenters. The summed E-state index contributed by atoms with van der Waals surface area (Å²) in [5.41, 5.74) is 6.73. The number of alkyl halides is 3. The van der Waals surface area contributed by atoms with Gasteiger partial charge in [-0.15, -0.1) is 13.2 Å². The number of pyridine rings is 1. The molecule has 1 aromatic carbocycles. The number of nitrogens with one attached hydrogen (secondary N) is 1. The van der Waals surface area contributed by atoms with Crippen LogP contribution in [0.2, 0.25) is 0 Å². The molecule has 0 atom stereocenters. The average Bonchev–Trinajstić information content (AvgIpc) is 2.33. The van der Waals surface area contributed by atoms with Gasteiger partial charge >= 0.3 is 6.36 Å². The molecule has 0 saturated carbocycles. The Morgan fingerprint density at radius 1 is 1.00 bits per heavy atom. The minimum Gasteiger partial charge on any atom is -0.406 e. The van der Waals surface area contributed by atoms with E-state index < -0.39 is 6.36 Å². The molecule has 0 fully saturated rings. The Labute approximate surface area is 107 Å². The fourth-order valence-electron chi connectivity index (χ4n) is 1.39. The fraction of sp³-hybridized carbons (Fsp3) is 0.0833. The lowest BCUT2D eigenvalue weighted by Crippen LogP contribution is -2.16. The highest BCUT2D eigenvalue weighted by Crippen LogP contribution is 2.25. The first-order valence-electron chi connectivity index (χ1n) is 5.27. The van der Waals surface area contributed by atoms with Crippen LogP contribution in [0.25, 0.3) is 0 Å². The van der Waals surface area contributed by atoms with E-state index in [1.807, 2.05) is 0 Å².